The van der Waals surface area contributed by atoms with E-state index in [9.17, 15) is 0 Å². The molecular formula is C18H19N3. The van der Waals surface area contributed by atoms with Crippen LogP contribution in [0.1, 0.15) is 11.1 Å². The van der Waals surface area contributed by atoms with Crippen molar-refractivity contribution in [2.45, 2.75) is 13.5 Å². The number of rotatable bonds is 4. The van der Waals surface area contributed by atoms with Crippen molar-refractivity contribution in [1.29, 1.82) is 0 Å². The number of hydrogen-bond donors (Lipinski definition) is 1. The Morgan fingerprint density at radius 3 is 2.43 bits per heavy atom. The molecule has 0 bridgehead atoms. The van der Waals surface area contributed by atoms with Crippen molar-refractivity contribution in [3.05, 3.63) is 71.9 Å². The van der Waals surface area contributed by atoms with Crippen molar-refractivity contribution < 1.29 is 0 Å². The molecule has 0 radical (unpaired) electrons. The molecule has 1 aromatic heterocycles. The fraction of sp³-hybridized carbons (Fsp3) is 0.167. The third kappa shape index (κ3) is 2.60. The first-order valence-electron chi connectivity index (χ1n) is 7.14. The van der Waals surface area contributed by atoms with Gasteiger partial charge in [0.25, 0.3) is 0 Å². The smallest absolute Gasteiger partial charge is 0.0786 e. The molecule has 106 valence electrons. The Hall–Kier alpha value is -2.39. The Morgan fingerprint density at radius 2 is 1.71 bits per heavy atom. The zero-order valence-electron chi connectivity index (χ0n) is 12.4. The second-order valence-electron chi connectivity index (χ2n) is 5.11. The quantitative estimate of drug-likeness (QED) is 0.790. The normalized spacial score (nSPS) is 10.8. The predicted molar refractivity (Wildman–Crippen MR) is 86.5 cm³/mol. The lowest BCUT2D eigenvalue weighted by molar-refractivity contribution is 0.818. The van der Waals surface area contributed by atoms with E-state index in [4.69, 9.17) is 0 Å². The molecule has 0 amide bonds. The van der Waals surface area contributed by atoms with Crippen LogP contribution in [0.3, 0.4) is 0 Å². The Bertz CT molecular complexity index is 729. The van der Waals surface area contributed by atoms with Crippen LogP contribution in [0, 0.1) is 6.92 Å². The van der Waals surface area contributed by atoms with Gasteiger partial charge in [0, 0.05) is 17.7 Å². The second-order valence-corrected chi connectivity index (χ2v) is 5.11. The number of aryl methyl sites for hydroxylation is 1. The molecule has 0 fully saturated rings. The van der Waals surface area contributed by atoms with Gasteiger partial charge in [0.2, 0.25) is 0 Å². The predicted octanol–water partition coefficient (Wildman–Crippen LogP) is 3.57. The summed E-state index contributed by atoms with van der Waals surface area (Å²) in [6, 6.07) is 18.8. The maximum Gasteiger partial charge on any atom is 0.0786 e. The molecule has 0 aliphatic carbocycles. The minimum Gasteiger partial charge on any atom is -0.316 e. The van der Waals surface area contributed by atoms with Crippen molar-refractivity contribution in [2.24, 2.45) is 0 Å². The minimum absolute atomic E-state index is 0.802. The molecule has 0 saturated heterocycles. The van der Waals surface area contributed by atoms with Gasteiger partial charge >= 0.3 is 0 Å². The molecule has 3 rings (SSSR count). The van der Waals surface area contributed by atoms with Crippen molar-refractivity contribution in [3.8, 4) is 16.9 Å². The zero-order chi connectivity index (χ0) is 14.7. The number of hydrogen-bond acceptors (Lipinski definition) is 2. The number of nitrogens with zero attached hydrogens (tertiary/aromatic N) is 2. The lowest BCUT2D eigenvalue weighted by Crippen LogP contribution is -2.07. The summed E-state index contributed by atoms with van der Waals surface area (Å²) in [7, 11) is 1.96. The summed E-state index contributed by atoms with van der Waals surface area (Å²) in [6.45, 7) is 2.92. The van der Waals surface area contributed by atoms with Crippen LogP contribution >= 0.6 is 0 Å². The average molecular weight is 277 g/mol. The zero-order valence-corrected chi connectivity index (χ0v) is 12.4. The first kappa shape index (κ1) is 13.6. The molecule has 21 heavy (non-hydrogen) atoms. The van der Waals surface area contributed by atoms with Crippen molar-refractivity contribution >= 4 is 0 Å². The first-order chi connectivity index (χ1) is 10.3. The number of benzene rings is 2. The molecule has 2 aromatic carbocycles. The molecule has 3 heteroatoms. The van der Waals surface area contributed by atoms with Gasteiger partial charge in [0.05, 0.1) is 17.6 Å². The van der Waals surface area contributed by atoms with E-state index in [-0.39, 0.29) is 0 Å². The molecular weight excluding hydrogens is 258 g/mol. The summed E-state index contributed by atoms with van der Waals surface area (Å²) < 4.78 is 2.04. The highest BCUT2D eigenvalue weighted by molar-refractivity contribution is 5.66. The molecule has 0 saturated carbocycles. The van der Waals surface area contributed by atoms with E-state index >= 15 is 0 Å². The Labute approximate surface area is 125 Å². The maximum atomic E-state index is 4.62. The summed E-state index contributed by atoms with van der Waals surface area (Å²) in [5.41, 5.74) is 5.88. The van der Waals surface area contributed by atoms with Crippen molar-refractivity contribution in [3.63, 3.8) is 0 Å². The highest BCUT2D eigenvalue weighted by Crippen LogP contribution is 2.27. The SMILES string of the molecule is CNCc1cnn(-c2ccccc2C)c1-c1ccccc1. The largest absolute Gasteiger partial charge is 0.316 e. The molecule has 1 N–H and O–H groups in total. The topological polar surface area (TPSA) is 29.9 Å². The van der Waals surface area contributed by atoms with Crippen LogP contribution in [0.2, 0.25) is 0 Å². The summed E-state index contributed by atoms with van der Waals surface area (Å²) in [5, 5.41) is 7.84. The summed E-state index contributed by atoms with van der Waals surface area (Å²) in [4.78, 5) is 0. The third-order valence-corrected chi connectivity index (χ3v) is 3.60. The van der Waals surface area contributed by atoms with Gasteiger partial charge in [-0.2, -0.15) is 5.10 Å². The lowest BCUT2D eigenvalue weighted by Gasteiger charge is -2.12. The van der Waals surface area contributed by atoms with E-state index in [0.717, 1.165) is 17.9 Å². The van der Waals surface area contributed by atoms with E-state index < -0.39 is 0 Å². The summed E-state index contributed by atoms with van der Waals surface area (Å²) >= 11 is 0. The van der Waals surface area contributed by atoms with Gasteiger partial charge in [-0.25, -0.2) is 4.68 Å². The van der Waals surface area contributed by atoms with E-state index in [1.165, 1.54) is 16.7 Å². The summed E-state index contributed by atoms with van der Waals surface area (Å²) in [5.74, 6) is 0. The minimum atomic E-state index is 0.802. The summed E-state index contributed by atoms with van der Waals surface area (Å²) in [6.07, 6.45) is 1.95. The molecule has 3 aromatic rings. The van der Waals surface area contributed by atoms with Gasteiger partial charge in [-0.15, -0.1) is 0 Å². The maximum absolute atomic E-state index is 4.62. The first-order valence-corrected chi connectivity index (χ1v) is 7.14. The van der Waals surface area contributed by atoms with Crippen LogP contribution < -0.4 is 5.32 Å². The lowest BCUT2D eigenvalue weighted by atomic mass is 10.1. The van der Waals surface area contributed by atoms with Crippen LogP contribution in [0.5, 0.6) is 0 Å². The van der Waals surface area contributed by atoms with Crippen LogP contribution in [0.15, 0.2) is 60.8 Å². The van der Waals surface area contributed by atoms with Crippen LogP contribution in [0.4, 0.5) is 0 Å². The second kappa shape index (κ2) is 5.94. The Balaban J connectivity index is 2.21. The molecule has 0 atom stereocenters. The molecule has 0 aliphatic rings. The highest BCUT2D eigenvalue weighted by atomic mass is 15.3. The van der Waals surface area contributed by atoms with Gasteiger partial charge in [-0.3, -0.25) is 0 Å². The molecule has 0 unspecified atom stereocenters. The fourth-order valence-electron chi connectivity index (χ4n) is 2.59. The van der Waals surface area contributed by atoms with Gasteiger partial charge in [0.1, 0.15) is 0 Å². The molecule has 0 aliphatic heterocycles. The number of nitrogens with one attached hydrogen (secondary N) is 1. The van der Waals surface area contributed by atoms with Crippen LogP contribution in [-0.2, 0) is 6.54 Å². The Kier molecular flexibility index (Phi) is 3.84. The standard InChI is InChI=1S/C18H19N3/c1-14-8-6-7-11-17(14)21-18(15-9-4-3-5-10-15)16(12-19-2)13-20-21/h3-11,13,19H,12H2,1-2H3. The van der Waals surface area contributed by atoms with Crippen LogP contribution in [0.25, 0.3) is 16.9 Å². The van der Waals surface area contributed by atoms with E-state index in [1.54, 1.807) is 0 Å². The fourth-order valence-corrected chi connectivity index (χ4v) is 2.59. The monoisotopic (exact) mass is 277 g/mol. The van der Waals surface area contributed by atoms with E-state index in [2.05, 4.69) is 65.9 Å². The van der Waals surface area contributed by atoms with E-state index in [1.807, 2.05) is 24.0 Å². The molecule has 1 heterocycles. The van der Waals surface area contributed by atoms with Gasteiger partial charge in [0.15, 0.2) is 0 Å². The molecule has 0 spiro atoms. The number of para-hydroxylation sites is 1. The average Bonchev–Trinajstić information content (AvgIpc) is 2.92. The van der Waals surface area contributed by atoms with Crippen molar-refractivity contribution in [2.75, 3.05) is 7.05 Å². The van der Waals surface area contributed by atoms with Crippen molar-refractivity contribution in [1.82, 2.24) is 15.1 Å². The van der Waals surface area contributed by atoms with Gasteiger partial charge < -0.3 is 5.32 Å². The van der Waals surface area contributed by atoms with Gasteiger partial charge in [-0.05, 0) is 25.6 Å². The van der Waals surface area contributed by atoms with Crippen LogP contribution in [-0.4, -0.2) is 16.8 Å². The van der Waals surface area contributed by atoms with E-state index in [0.29, 0.717) is 0 Å². The molecule has 3 nitrogen and oxygen atoms in total. The Morgan fingerprint density at radius 1 is 1.00 bits per heavy atom. The number of aromatic nitrogens is 2. The third-order valence-electron chi connectivity index (χ3n) is 3.60. The van der Waals surface area contributed by atoms with Gasteiger partial charge in [-0.1, -0.05) is 48.5 Å². The highest BCUT2D eigenvalue weighted by Gasteiger charge is 2.14.